The second-order valence-electron chi connectivity index (χ2n) is 6.61. The SMILES string of the molecule is CC(C)(/C=C/C(=O)O)[C@H](OC(=O)Nc1ccc(Br)cc1)c1cc(Br)ccc1O. The summed E-state index contributed by atoms with van der Waals surface area (Å²) in [5.41, 5.74) is -0.0436. The van der Waals surface area contributed by atoms with Crippen LogP contribution in [-0.2, 0) is 9.53 Å². The van der Waals surface area contributed by atoms with Gasteiger partial charge in [0.25, 0.3) is 0 Å². The molecule has 0 aliphatic carbocycles. The second kappa shape index (κ2) is 9.25. The van der Waals surface area contributed by atoms with Gasteiger partial charge in [0, 0.05) is 31.7 Å². The van der Waals surface area contributed by atoms with Crippen LogP contribution in [0.3, 0.4) is 0 Å². The maximum Gasteiger partial charge on any atom is 0.412 e. The van der Waals surface area contributed by atoms with Crippen LogP contribution in [0.1, 0.15) is 25.5 Å². The van der Waals surface area contributed by atoms with Crippen LogP contribution in [0.5, 0.6) is 5.75 Å². The van der Waals surface area contributed by atoms with Crippen LogP contribution in [0.15, 0.2) is 63.6 Å². The van der Waals surface area contributed by atoms with Crippen molar-refractivity contribution < 1.29 is 24.5 Å². The number of aliphatic carboxylic acids is 1. The number of benzene rings is 2. The first-order chi connectivity index (χ1) is 13.1. The van der Waals surface area contributed by atoms with Crippen LogP contribution >= 0.6 is 31.9 Å². The van der Waals surface area contributed by atoms with Crippen molar-refractivity contribution in [2.24, 2.45) is 5.41 Å². The topological polar surface area (TPSA) is 95.9 Å². The summed E-state index contributed by atoms with van der Waals surface area (Å²) in [7, 11) is 0. The summed E-state index contributed by atoms with van der Waals surface area (Å²) >= 11 is 6.66. The van der Waals surface area contributed by atoms with Crippen LogP contribution in [-0.4, -0.2) is 22.3 Å². The van der Waals surface area contributed by atoms with Crippen molar-refractivity contribution in [1.82, 2.24) is 0 Å². The number of aromatic hydroxyl groups is 1. The van der Waals surface area contributed by atoms with Gasteiger partial charge in [0.05, 0.1) is 0 Å². The first-order valence-corrected chi connectivity index (χ1v) is 9.81. The number of halogens is 2. The number of carboxylic acids is 1. The van der Waals surface area contributed by atoms with Gasteiger partial charge in [-0.05, 0) is 42.5 Å². The van der Waals surface area contributed by atoms with Gasteiger partial charge in [-0.2, -0.15) is 0 Å². The van der Waals surface area contributed by atoms with Gasteiger partial charge < -0.3 is 14.9 Å². The van der Waals surface area contributed by atoms with E-state index in [1.807, 2.05) is 0 Å². The van der Waals surface area contributed by atoms with E-state index in [0.717, 1.165) is 10.5 Å². The molecule has 1 amide bonds. The van der Waals surface area contributed by atoms with Crippen LogP contribution in [0.25, 0.3) is 0 Å². The molecule has 3 N–H and O–H groups in total. The number of phenols is 1. The van der Waals surface area contributed by atoms with Crippen molar-refractivity contribution in [3.05, 3.63) is 69.1 Å². The van der Waals surface area contributed by atoms with E-state index >= 15 is 0 Å². The fourth-order valence-electron chi connectivity index (χ4n) is 2.51. The molecule has 2 aromatic rings. The number of amides is 1. The lowest BCUT2D eigenvalue weighted by molar-refractivity contribution is -0.131. The first-order valence-electron chi connectivity index (χ1n) is 8.22. The molecule has 2 aromatic carbocycles. The van der Waals surface area contributed by atoms with Gasteiger partial charge in [-0.25, -0.2) is 9.59 Å². The third-order valence-corrected chi connectivity index (χ3v) is 4.94. The Morgan fingerprint density at radius 2 is 1.71 bits per heavy atom. The van der Waals surface area contributed by atoms with Gasteiger partial charge >= 0.3 is 12.1 Å². The Balaban J connectivity index is 2.34. The predicted molar refractivity (Wildman–Crippen MR) is 113 cm³/mol. The zero-order valence-electron chi connectivity index (χ0n) is 15.1. The molecule has 0 spiro atoms. The van der Waals surface area contributed by atoms with Crippen LogP contribution in [0.4, 0.5) is 10.5 Å². The van der Waals surface area contributed by atoms with E-state index in [0.29, 0.717) is 15.7 Å². The fraction of sp³-hybridized carbons (Fsp3) is 0.200. The number of carbonyl (C=O) groups is 2. The van der Waals surface area contributed by atoms with E-state index in [-0.39, 0.29) is 5.75 Å². The molecule has 0 saturated carbocycles. The molecular weight excluding hydrogens is 494 g/mol. The maximum absolute atomic E-state index is 12.5. The molecule has 0 aromatic heterocycles. The average molecular weight is 513 g/mol. The summed E-state index contributed by atoms with van der Waals surface area (Å²) in [5.74, 6) is -1.19. The van der Waals surface area contributed by atoms with Crippen LogP contribution in [0.2, 0.25) is 0 Å². The minimum atomic E-state index is -1.12. The van der Waals surface area contributed by atoms with Gasteiger partial charge in [-0.1, -0.05) is 51.8 Å². The van der Waals surface area contributed by atoms with Crippen molar-refractivity contribution in [2.45, 2.75) is 20.0 Å². The number of phenolic OH excluding ortho intramolecular Hbond substituents is 1. The number of nitrogens with one attached hydrogen (secondary N) is 1. The summed E-state index contributed by atoms with van der Waals surface area (Å²) in [4.78, 5) is 23.4. The smallest absolute Gasteiger partial charge is 0.412 e. The molecule has 0 bridgehead atoms. The molecule has 0 radical (unpaired) electrons. The third kappa shape index (κ3) is 6.10. The number of carboxylic acid groups (broad SMARTS) is 1. The average Bonchev–Trinajstić information content (AvgIpc) is 2.62. The van der Waals surface area contributed by atoms with E-state index in [4.69, 9.17) is 9.84 Å². The van der Waals surface area contributed by atoms with Crippen molar-refractivity contribution in [3.63, 3.8) is 0 Å². The standard InChI is InChI=1S/C20H19Br2NO5/c1-20(2,10-9-17(25)26)18(15-11-13(22)5-8-16(15)24)28-19(27)23-14-6-3-12(21)4-7-14/h3-11,18,24H,1-2H3,(H,23,27)(H,25,26)/b10-9+/t18-/m1/s1. The molecule has 1 atom stereocenters. The molecule has 0 fully saturated rings. The highest BCUT2D eigenvalue weighted by Gasteiger charge is 2.34. The Hall–Kier alpha value is -2.32. The molecule has 2 rings (SSSR count). The predicted octanol–water partition coefficient (Wildman–Crippen LogP) is 5.87. The van der Waals surface area contributed by atoms with Gasteiger partial charge in [0.2, 0.25) is 0 Å². The lowest BCUT2D eigenvalue weighted by atomic mass is 9.81. The Bertz CT molecular complexity index is 894. The molecule has 0 heterocycles. The minimum absolute atomic E-state index is 0.0681. The molecule has 0 aliphatic heterocycles. The quantitative estimate of drug-likeness (QED) is 0.420. The number of hydrogen-bond donors (Lipinski definition) is 3. The number of anilines is 1. The first kappa shape index (κ1) is 22.0. The highest BCUT2D eigenvalue weighted by molar-refractivity contribution is 9.10. The largest absolute Gasteiger partial charge is 0.508 e. The molecule has 28 heavy (non-hydrogen) atoms. The van der Waals surface area contributed by atoms with Gasteiger partial charge in [-0.3, -0.25) is 5.32 Å². The van der Waals surface area contributed by atoms with Crippen molar-refractivity contribution in [2.75, 3.05) is 5.32 Å². The minimum Gasteiger partial charge on any atom is -0.508 e. The summed E-state index contributed by atoms with van der Waals surface area (Å²) < 4.78 is 7.16. The summed E-state index contributed by atoms with van der Waals surface area (Å²) in [6, 6.07) is 11.7. The van der Waals surface area contributed by atoms with Gasteiger partial charge in [-0.15, -0.1) is 0 Å². The van der Waals surface area contributed by atoms with Gasteiger partial charge in [0.1, 0.15) is 11.9 Å². The Morgan fingerprint density at radius 3 is 2.32 bits per heavy atom. The molecule has 0 saturated heterocycles. The highest BCUT2D eigenvalue weighted by Crippen LogP contribution is 2.42. The fourth-order valence-corrected chi connectivity index (χ4v) is 3.16. The zero-order chi connectivity index (χ0) is 20.9. The molecule has 148 valence electrons. The highest BCUT2D eigenvalue weighted by atomic mass is 79.9. The van der Waals surface area contributed by atoms with Crippen molar-refractivity contribution in [1.29, 1.82) is 0 Å². The van der Waals surface area contributed by atoms with E-state index in [1.165, 1.54) is 12.1 Å². The molecule has 0 aliphatic rings. The van der Waals surface area contributed by atoms with Crippen LogP contribution < -0.4 is 5.32 Å². The number of rotatable bonds is 6. The Morgan fingerprint density at radius 1 is 1.11 bits per heavy atom. The summed E-state index contributed by atoms with van der Waals surface area (Å²) in [6.45, 7) is 3.43. The molecule has 6 nitrogen and oxygen atoms in total. The van der Waals surface area contributed by atoms with E-state index in [9.17, 15) is 14.7 Å². The van der Waals surface area contributed by atoms with Gasteiger partial charge in [0.15, 0.2) is 0 Å². The van der Waals surface area contributed by atoms with Crippen molar-refractivity contribution in [3.8, 4) is 5.75 Å². The number of carbonyl (C=O) groups excluding carboxylic acids is 1. The van der Waals surface area contributed by atoms with E-state index in [2.05, 4.69) is 37.2 Å². The van der Waals surface area contributed by atoms with E-state index < -0.39 is 23.6 Å². The van der Waals surface area contributed by atoms with E-state index in [1.54, 1.807) is 50.2 Å². The Labute approximate surface area is 179 Å². The van der Waals surface area contributed by atoms with Crippen LogP contribution in [0, 0.1) is 5.41 Å². The summed E-state index contributed by atoms with van der Waals surface area (Å²) in [6.07, 6.45) is 0.727. The molecule has 0 unspecified atom stereocenters. The second-order valence-corrected chi connectivity index (χ2v) is 8.44. The maximum atomic E-state index is 12.5. The summed E-state index contributed by atoms with van der Waals surface area (Å²) in [5, 5.41) is 21.9. The normalized spacial score (nSPS) is 12.6. The molecular formula is C20H19Br2NO5. The lowest BCUT2D eigenvalue weighted by Gasteiger charge is -2.32. The third-order valence-electron chi connectivity index (χ3n) is 3.92. The Kier molecular flexibility index (Phi) is 7.26. The molecule has 8 heteroatoms. The zero-order valence-corrected chi connectivity index (χ0v) is 18.3. The van der Waals surface area contributed by atoms with Crippen molar-refractivity contribution >= 4 is 49.6 Å². The number of hydrogen-bond acceptors (Lipinski definition) is 4. The monoisotopic (exact) mass is 511 g/mol. The lowest BCUT2D eigenvalue weighted by Crippen LogP contribution is -2.28. The number of ether oxygens (including phenoxy) is 1.